The van der Waals surface area contributed by atoms with Gasteiger partial charge in [0.05, 0.1) is 10.9 Å². The van der Waals surface area contributed by atoms with E-state index in [1.54, 1.807) is 18.2 Å². The number of benzene rings is 2. The Morgan fingerprint density at radius 2 is 1.90 bits per heavy atom. The lowest BCUT2D eigenvalue weighted by Crippen LogP contribution is -2.06. The minimum absolute atomic E-state index is 0.0349. The van der Waals surface area contributed by atoms with Crippen LogP contribution in [0.2, 0.25) is 0 Å². The molecular formula is C17H15NO3. The molecule has 4 heteroatoms. The first-order valence-electron chi connectivity index (χ1n) is 6.93. The van der Waals surface area contributed by atoms with E-state index >= 15 is 0 Å². The maximum Gasteiger partial charge on any atom is 0.402 e. The fourth-order valence-corrected chi connectivity index (χ4v) is 2.28. The molecule has 3 rings (SSSR count). The largest absolute Gasteiger partial charge is 0.411 e. The van der Waals surface area contributed by atoms with Crippen molar-refractivity contribution in [3.05, 3.63) is 64.5 Å². The molecule has 0 saturated heterocycles. The van der Waals surface area contributed by atoms with Gasteiger partial charge < -0.3 is 9.15 Å². The number of aromatic nitrogens is 1. The van der Waals surface area contributed by atoms with Crippen LogP contribution in [0.15, 0.2) is 57.7 Å². The van der Waals surface area contributed by atoms with E-state index < -0.39 is 5.63 Å². The summed E-state index contributed by atoms with van der Waals surface area (Å²) in [4.78, 5) is 16.5. The molecule has 3 aromatic rings. The summed E-state index contributed by atoms with van der Waals surface area (Å²) in [6, 6.07) is 14.7. The van der Waals surface area contributed by atoms with Crippen molar-refractivity contribution in [2.45, 2.75) is 19.8 Å². The molecule has 0 radical (unpaired) electrons. The van der Waals surface area contributed by atoms with Crippen molar-refractivity contribution in [2.75, 3.05) is 0 Å². The molecule has 0 atom stereocenters. The molecule has 0 N–H and O–H groups in total. The Labute approximate surface area is 122 Å². The van der Waals surface area contributed by atoms with E-state index in [0.717, 1.165) is 18.4 Å². The van der Waals surface area contributed by atoms with Crippen LogP contribution >= 0.6 is 0 Å². The van der Waals surface area contributed by atoms with Gasteiger partial charge in [-0.25, -0.2) is 4.79 Å². The highest BCUT2D eigenvalue weighted by Gasteiger charge is 2.11. The smallest absolute Gasteiger partial charge is 0.402 e. The molecule has 1 heterocycles. The quantitative estimate of drug-likeness (QED) is 0.727. The lowest BCUT2D eigenvalue weighted by Gasteiger charge is -2.06. The summed E-state index contributed by atoms with van der Waals surface area (Å²) in [6.07, 6.45) is 1.75. The first kappa shape index (κ1) is 13.4. The summed E-state index contributed by atoms with van der Waals surface area (Å²) in [6.45, 7) is 2.07. The molecule has 0 saturated carbocycles. The predicted octanol–water partition coefficient (Wildman–Crippen LogP) is 3.93. The van der Waals surface area contributed by atoms with Crippen LogP contribution in [0, 0.1) is 0 Å². The minimum Gasteiger partial charge on any atom is -0.411 e. The lowest BCUT2D eigenvalue weighted by atomic mass is 10.1. The minimum atomic E-state index is -0.407. The molecule has 0 unspecified atom stereocenters. The highest BCUT2D eigenvalue weighted by molar-refractivity contribution is 5.81. The van der Waals surface area contributed by atoms with Gasteiger partial charge in [0.15, 0.2) is 0 Å². The fourth-order valence-electron chi connectivity index (χ4n) is 2.28. The number of aryl methyl sites for hydroxylation is 1. The molecular weight excluding hydrogens is 266 g/mol. The number of ether oxygens (including phenoxy) is 1. The Hall–Kier alpha value is -2.62. The molecule has 0 bridgehead atoms. The van der Waals surface area contributed by atoms with Crippen molar-refractivity contribution < 1.29 is 9.15 Å². The molecule has 1 aromatic heterocycles. The first-order valence-corrected chi connectivity index (χ1v) is 6.93. The van der Waals surface area contributed by atoms with E-state index in [9.17, 15) is 4.79 Å². The molecule has 0 aliphatic heterocycles. The summed E-state index contributed by atoms with van der Waals surface area (Å²) in [7, 11) is 0. The van der Waals surface area contributed by atoms with Crippen LogP contribution in [0.3, 0.4) is 0 Å². The molecule has 2 aromatic carbocycles. The van der Waals surface area contributed by atoms with E-state index in [1.165, 1.54) is 0 Å². The van der Waals surface area contributed by atoms with Gasteiger partial charge in [0.25, 0.3) is 0 Å². The highest BCUT2D eigenvalue weighted by atomic mass is 16.6. The van der Waals surface area contributed by atoms with Crippen molar-refractivity contribution in [2.24, 2.45) is 0 Å². The molecule has 4 nitrogen and oxygen atoms in total. The van der Waals surface area contributed by atoms with E-state index in [2.05, 4.69) is 11.9 Å². The summed E-state index contributed by atoms with van der Waals surface area (Å²) in [5.74, 6) is 0.581. The molecule has 106 valence electrons. The van der Waals surface area contributed by atoms with Crippen molar-refractivity contribution >= 4 is 10.9 Å². The topological polar surface area (TPSA) is 52.3 Å². The van der Waals surface area contributed by atoms with Gasteiger partial charge in [0.2, 0.25) is 0 Å². The molecule has 0 spiro atoms. The summed E-state index contributed by atoms with van der Waals surface area (Å²) < 4.78 is 10.7. The van der Waals surface area contributed by atoms with Gasteiger partial charge in [-0.15, -0.1) is 0 Å². The van der Waals surface area contributed by atoms with Crippen LogP contribution in [0.5, 0.6) is 11.8 Å². The van der Waals surface area contributed by atoms with Gasteiger partial charge in [0.1, 0.15) is 5.75 Å². The first-order chi connectivity index (χ1) is 10.3. The van der Waals surface area contributed by atoms with E-state index in [1.807, 2.05) is 30.3 Å². The van der Waals surface area contributed by atoms with Gasteiger partial charge in [-0.1, -0.05) is 43.7 Å². The summed E-state index contributed by atoms with van der Waals surface area (Å²) in [5.41, 5.74) is 1.15. The standard InChI is InChI=1S/C17H15NO3/c1-2-7-12-8-6-11-14-15(12)16(19)21-17(18-14)20-13-9-4-3-5-10-13/h3-6,8-11H,2,7H2,1H3. The van der Waals surface area contributed by atoms with E-state index in [-0.39, 0.29) is 6.08 Å². The van der Waals surface area contributed by atoms with Crippen LogP contribution in [-0.4, -0.2) is 4.98 Å². The highest BCUT2D eigenvalue weighted by Crippen LogP contribution is 2.21. The predicted molar refractivity (Wildman–Crippen MR) is 80.8 cm³/mol. The number of hydrogen-bond donors (Lipinski definition) is 0. The van der Waals surface area contributed by atoms with Crippen molar-refractivity contribution in [1.29, 1.82) is 0 Å². The molecule has 0 amide bonds. The van der Waals surface area contributed by atoms with E-state index in [4.69, 9.17) is 9.15 Å². The van der Waals surface area contributed by atoms with Crippen molar-refractivity contribution in [3.63, 3.8) is 0 Å². The third kappa shape index (κ3) is 2.79. The maximum absolute atomic E-state index is 12.2. The van der Waals surface area contributed by atoms with Gasteiger partial charge in [-0.05, 0) is 30.2 Å². The van der Waals surface area contributed by atoms with E-state index in [0.29, 0.717) is 16.7 Å². The lowest BCUT2D eigenvalue weighted by molar-refractivity contribution is 0.307. The zero-order valence-corrected chi connectivity index (χ0v) is 11.7. The Kier molecular flexibility index (Phi) is 3.69. The monoisotopic (exact) mass is 281 g/mol. The van der Waals surface area contributed by atoms with Crippen LogP contribution in [-0.2, 0) is 6.42 Å². The normalized spacial score (nSPS) is 10.7. The molecule has 0 aliphatic carbocycles. The van der Waals surface area contributed by atoms with Gasteiger partial charge in [0, 0.05) is 0 Å². The van der Waals surface area contributed by atoms with Gasteiger partial charge >= 0.3 is 11.7 Å². The molecule has 0 aliphatic rings. The second-order valence-corrected chi connectivity index (χ2v) is 4.74. The fraction of sp³-hybridized carbons (Fsp3) is 0.176. The van der Waals surface area contributed by atoms with Crippen LogP contribution in [0.4, 0.5) is 0 Å². The van der Waals surface area contributed by atoms with Gasteiger partial charge in [-0.2, -0.15) is 4.98 Å². The summed E-state index contributed by atoms with van der Waals surface area (Å²) in [5, 5.41) is 0.541. The number of nitrogens with zero attached hydrogens (tertiary/aromatic N) is 1. The zero-order chi connectivity index (χ0) is 14.7. The Balaban J connectivity index is 2.06. The van der Waals surface area contributed by atoms with Gasteiger partial charge in [-0.3, -0.25) is 0 Å². The molecule has 21 heavy (non-hydrogen) atoms. The second kappa shape index (κ2) is 5.79. The number of para-hydroxylation sites is 1. The second-order valence-electron chi connectivity index (χ2n) is 4.74. The number of fused-ring (bicyclic) bond motifs is 1. The maximum atomic E-state index is 12.2. The number of rotatable bonds is 4. The van der Waals surface area contributed by atoms with Crippen LogP contribution < -0.4 is 10.4 Å². The Bertz CT molecular complexity index is 809. The van der Waals surface area contributed by atoms with Crippen LogP contribution in [0.1, 0.15) is 18.9 Å². The SMILES string of the molecule is CCCc1cccc2nc(Oc3ccccc3)oc(=O)c12. The van der Waals surface area contributed by atoms with Crippen molar-refractivity contribution in [1.82, 2.24) is 4.98 Å². The average molecular weight is 281 g/mol. The third-order valence-electron chi connectivity index (χ3n) is 3.19. The van der Waals surface area contributed by atoms with Crippen LogP contribution in [0.25, 0.3) is 10.9 Å². The average Bonchev–Trinajstić information content (AvgIpc) is 2.48. The zero-order valence-electron chi connectivity index (χ0n) is 11.7. The Morgan fingerprint density at radius 1 is 1.10 bits per heavy atom. The third-order valence-corrected chi connectivity index (χ3v) is 3.19. The summed E-state index contributed by atoms with van der Waals surface area (Å²) >= 11 is 0. The molecule has 0 fully saturated rings. The Morgan fingerprint density at radius 3 is 2.67 bits per heavy atom. The number of hydrogen-bond acceptors (Lipinski definition) is 4. The van der Waals surface area contributed by atoms with Crippen molar-refractivity contribution in [3.8, 4) is 11.8 Å².